The molecule has 10 nitrogen and oxygen atoms in total. The topological polar surface area (TPSA) is 167 Å². The minimum absolute atomic E-state index is 0.0972. The van der Waals surface area contributed by atoms with Crippen molar-refractivity contribution in [3.05, 3.63) is 52.6 Å². The van der Waals surface area contributed by atoms with E-state index >= 15 is 0 Å². The van der Waals surface area contributed by atoms with Crippen LogP contribution < -0.4 is 21.1 Å². The molecule has 0 fully saturated rings. The molecule has 13 heteroatoms. The lowest BCUT2D eigenvalue weighted by Gasteiger charge is -2.11. The van der Waals surface area contributed by atoms with E-state index in [-0.39, 0.29) is 24.0 Å². The SMILES string of the molecule is N#CC1=CCC(S(=O)(=O)NC(=O)Nc2ncc(NC(=O)c3ccccc3CN)s2)S1. The van der Waals surface area contributed by atoms with Crippen LogP contribution in [-0.2, 0) is 16.6 Å². The second-order valence-electron chi connectivity index (χ2n) is 5.91. The summed E-state index contributed by atoms with van der Waals surface area (Å²) in [5.41, 5.74) is 6.74. The van der Waals surface area contributed by atoms with Gasteiger partial charge in [0.05, 0.1) is 11.1 Å². The molecule has 30 heavy (non-hydrogen) atoms. The van der Waals surface area contributed by atoms with E-state index in [4.69, 9.17) is 11.0 Å². The molecule has 2 aromatic rings. The van der Waals surface area contributed by atoms with Crippen molar-refractivity contribution >= 4 is 55.2 Å². The lowest BCUT2D eigenvalue weighted by molar-refractivity contribution is 0.102. The van der Waals surface area contributed by atoms with Gasteiger partial charge in [0.2, 0.25) is 10.0 Å². The number of nitrogens with zero attached hydrogens (tertiary/aromatic N) is 2. The van der Waals surface area contributed by atoms with Crippen molar-refractivity contribution in [3.8, 4) is 6.07 Å². The fourth-order valence-electron chi connectivity index (χ4n) is 2.51. The molecule has 1 aromatic carbocycles. The Labute approximate surface area is 180 Å². The number of aromatic nitrogens is 1. The zero-order valence-electron chi connectivity index (χ0n) is 15.3. The minimum Gasteiger partial charge on any atom is -0.326 e. The zero-order chi connectivity index (χ0) is 21.7. The fraction of sp³-hybridized carbons (Fsp3) is 0.176. The Kier molecular flexibility index (Phi) is 6.73. The van der Waals surface area contributed by atoms with Gasteiger partial charge in [0.15, 0.2) is 5.13 Å². The van der Waals surface area contributed by atoms with Crippen molar-refractivity contribution < 1.29 is 18.0 Å². The number of thiazole rings is 1. The summed E-state index contributed by atoms with van der Waals surface area (Å²) in [6.45, 7) is 0.207. The number of nitriles is 1. The van der Waals surface area contributed by atoms with Crippen LogP contribution in [0.1, 0.15) is 22.3 Å². The van der Waals surface area contributed by atoms with E-state index in [2.05, 4.69) is 15.6 Å². The molecular weight excluding hydrogens is 448 g/mol. The van der Waals surface area contributed by atoms with Crippen LogP contribution in [0.4, 0.5) is 14.9 Å². The number of anilines is 2. The largest absolute Gasteiger partial charge is 0.334 e. The molecule has 0 radical (unpaired) electrons. The third-order valence-electron chi connectivity index (χ3n) is 3.89. The van der Waals surface area contributed by atoms with Gasteiger partial charge in [-0.25, -0.2) is 22.9 Å². The normalized spacial score (nSPS) is 15.7. The van der Waals surface area contributed by atoms with Crippen molar-refractivity contribution in [2.24, 2.45) is 5.73 Å². The minimum atomic E-state index is -3.99. The van der Waals surface area contributed by atoms with E-state index in [9.17, 15) is 18.0 Å². The highest BCUT2D eigenvalue weighted by Crippen LogP contribution is 2.34. The average Bonchev–Trinajstić information content (AvgIpc) is 3.37. The second kappa shape index (κ2) is 9.26. The van der Waals surface area contributed by atoms with E-state index in [1.807, 2.05) is 10.8 Å². The number of rotatable bonds is 6. The number of benzene rings is 1. The lowest BCUT2D eigenvalue weighted by atomic mass is 10.1. The van der Waals surface area contributed by atoms with E-state index in [0.29, 0.717) is 21.0 Å². The van der Waals surface area contributed by atoms with Crippen molar-refractivity contribution in [1.82, 2.24) is 9.71 Å². The van der Waals surface area contributed by atoms with Crippen LogP contribution in [0.2, 0.25) is 0 Å². The summed E-state index contributed by atoms with van der Waals surface area (Å²) < 4.78 is 25.4. The number of nitrogens with two attached hydrogens (primary N) is 1. The average molecular weight is 465 g/mol. The van der Waals surface area contributed by atoms with Gasteiger partial charge in [0, 0.05) is 12.1 Å². The van der Waals surface area contributed by atoms with E-state index < -0.39 is 20.6 Å². The van der Waals surface area contributed by atoms with Gasteiger partial charge >= 0.3 is 6.03 Å². The predicted molar refractivity (Wildman–Crippen MR) is 115 cm³/mol. The molecule has 5 N–H and O–H groups in total. The molecule has 1 aliphatic heterocycles. The third-order valence-corrected chi connectivity index (χ3v) is 8.09. The number of carbonyl (C=O) groups is 2. The molecule has 0 saturated heterocycles. The summed E-state index contributed by atoms with van der Waals surface area (Å²) in [5.74, 6) is -0.377. The van der Waals surface area contributed by atoms with Gasteiger partial charge in [-0.3, -0.25) is 10.1 Å². The Morgan fingerprint density at radius 2 is 2.07 bits per heavy atom. The Hall–Kier alpha value is -2.92. The van der Waals surface area contributed by atoms with Gasteiger partial charge in [0.1, 0.15) is 15.7 Å². The molecule has 0 aliphatic carbocycles. The Bertz CT molecular complexity index is 1150. The highest BCUT2D eigenvalue weighted by atomic mass is 32.3. The van der Waals surface area contributed by atoms with Crippen LogP contribution in [0.3, 0.4) is 0 Å². The lowest BCUT2D eigenvalue weighted by Crippen LogP contribution is -2.38. The monoisotopic (exact) mass is 464 g/mol. The van der Waals surface area contributed by atoms with Gasteiger partial charge in [-0.1, -0.05) is 47.4 Å². The van der Waals surface area contributed by atoms with Gasteiger partial charge in [0.25, 0.3) is 5.91 Å². The molecular formula is C17H16N6O4S3. The molecule has 0 saturated carbocycles. The number of hydrogen-bond acceptors (Lipinski definition) is 9. The number of thioether (sulfide) groups is 1. The molecule has 1 unspecified atom stereocenters. The number of allylic oxidation sites excluding steroid dienone is 2. The maximum atomic E-state index is 12.4. The highest BCUT2D eigenvalue weighted by molar-refractivity contribution is 8.15. The van der Waals surface area contributed by atoms with Gasteiger partial charge in [-0.15, -0.1) is 0 Å². The molecule has 1 atom stereocenters. The first-order valence-corrected chi connectivity index (χ1v) is 11.7. The summed E-state index contributed by atoms with van der Waals surface area (Å²) in [5, 5.41) is 14.3. The smallest absolute Gasteiger partial charge is 0.326 e. The molecule has 3 amide bonds. The summed E-state index contributed by atoms with van der Waals surface area (Å²) in [7, 11) is -3.99. The zero-order valence-corrected chi connectivity index (χ0v) is 17.7. The van der Waals surface area contributed by atoms with Crippen molar-refractivity contribution in [2.45, 2.75) is 17.5 Å². The molecule has 156 valence electrons. The van der Waals surface area contributed by atoms with E-state index in [1.54, 1.807) is 24.3 Å². The van der Waals surface area contributed by atoms with E-state index in [0.717, 1.165) is 23.1 Å². The molecule has 3 rings (SSSR count). The number of carbonyl (C=O) groups excluding carboxylic acids is 2. The summed E-state index contributed by atoms with van der Waals surface area (Å²) >= 11 is 1.84. The second-order valence-corrected chi connectivity index (χ2v) is 10.3. The Morgan fingerprint density at radius 3 is 2.77 bits per heavy atom. The first kappa shape index (κ1) is 21.8. The molecule has 1 aliphatic rings. The highest BCUT2D eigenvalue weighted by Gasteiger charge is 2.32. The van der Waals surface area contributed by atoms with Crippen LogP contribution in [0.5, 0.6) is 0 Å². The number of sulfonamides is 1. The standard InChI is InChI=1S/C17H16N6O4S3/c18-7-10-3-1-2-4-12(10)15(24)21-13-9-20-17(29-13)22-16(25)23-30(26,27)14-6-5-11(8-19)28-14/h1-5,9,14H,6-7,18H2,(H,21,24)(H2,20,22,23,25). The van der Waals surface area contributed by atoms with Crippen molar-refractivity contribution in [2.75, 3.05) is 10.6 Å². The van der Waals surface area contributed by atoms with Gasteiger partial charge in [-0.2, -0.15) is 5.26 Å². The fourth-order valence-corrected chi connectivity index (χ4v) is 5.69. The van der Waals surface area contributed by atoms with Crippen LogP contribution >= 0.6 is 23.1 Å². The number of nitrogens with one attached hydrogen (secondary N) is 3. The van der Waals surface area contributed by atoms with Crippen LogP contribution in [-0.4, -0.2) is 29.9 Å². The molecule has 1 aromatic heterocycles. The van der Waals surface area contributed by atoms with Crippen LogP contribution in [0.15, 0.2) is 41.4 Å². The maximum absolute atomic E-state index is 12.4. The maximum Gasteiger partial charge on any atom is 0.334 e. The Morgan fingerprint density at radius 1 is 1.30 bits per heavy atom. The number of hydrogen-bond donors (Lipinski definition) is 4. The van der Waals surface area contributed by atoms with Crippen LogP contribution in [0, 0.1) is 11.3 Å². The van der Waals surface area contributed by atoms with Crippen molar-refractivity contribution in [3.63, 3.8) is 0 Å². The predicted octanol–water partition coefficient (Wildman–Crippen LogP) is 2.18. The van der Waals surface area contributed by atoms with Gasteiger partial charge in [-0.05, 0) is 18.1 Å². The third kappa shape index (κ3) is 5.16. The summed E-state index contributed by atoms with van der Waals surface area (Å²) in [6, 6.07) is 7.78. The quantitative estimate of drug-likeness (QED) is 0.504. The summed E-state index contributed by atoms with van der Waals surface area (Å²) in [6.07, 6.45) is 2.98. The molecule has 2 heterocycles. The summed E-state index contributed by atoms with van der Waals surface area (Å²) in [4.78, 5) is 28.7. The number of amides is 3. The molecule has 0 bridgehead atoms. The van der Waals surface area contributed by atoms with Crippen molar-refractivity contribution in [1.29, 1.82) is 5.26 Å². The van der Waals surface area contributed by atoms with E-state index in [1.165, 1.54) is 12.3 Å². The Balaban J connectivity index is 1.58. The first-order valence-electron chi connectivity index (χ1n) is 8.47. The van der Waals surface area contributed by atoms with Crippen LogP contribution in [0.25, 0.3) is 0 Å². The number of urea groups is 1. The first-order chi connectivity index (χ1) is 14.3. The molecule has 0 spiro atoms. The van der Waals surface area contributed by atoms with Gasteiger partial charge < -0.3 is 11.1 Å².